The van der Waals surface area contributed by atoms with Gasteiger partial charge in [-0.1, -0.05) is 19.9 Å². The molecule has 0 saturated heterocycles. The SMILES string of the molecule is CCNC(=NCc1c(F)cccc1OC(F)F)NCC(C)C. The van der Waals surface area contributed by atoms with Gasteiger partial charge in [0.2, 0.25) is 0 Å². The molecular formula is C15H22F3N3O. The molecule has 22 heavy (non-hydrogen) atoms. The third-order valence-electron chi connectivity index (χ3n) is 2.71. The molecule has 0 saturated carbocycles. The Kier molecular flexibility index (Phi) is 7.56. The largest absolute Gasteiger partial charge is 0.434 e. The molecule has 1 rings (SSSR count). The zero-order chi connectivity index (χ0) is 16.5. The Morgan fingerprint density at radius 1 is 1.27 bits per heavy atom. The molecule has 0 aliphatic rings. The van der Waals surface area contributed by atoms with Gasteiger partial charge in [-0.05, 0) is 25.0 Å². The van der Waals surface area contributed by atoms with Gasteiger partial charge in [0, 0.05) is 13.1 Å². The van der Waals surface area contributed by atoms with Gasteiger partial charge >= 0.3 is 6.61 Å². The average Bonchev–Trinajstić information content (AvgIpc) is 2.43. The lowest BCUT2D eigenvalue weighted by atomic mass is 10.2. The van der Waals surface area contributed by atoms with Crippen LogP contribution in [0.4, 0.5) is 13.2 Å². The lowest BCUT2D eigenvalue weighted by molar-refractivity contribution is -0.0506. The monoisotopic (exact) mass is 317 g/mol. The van der Waals surface area contributed by atoms with Crippen LogP contribution in [-0.4, -0.2) is 25.7 Å². The van der Waals surface area contributed by atoms with Crippen molar-refractivity contribution >= 4 is 5.96 Å². The molecule has 0 unspecified atom stereocenters. The van der Waals surface area contributed by atoms with E-state index in [9.17, 15) is 13.2 Å². The van der Waals surface area contributed by atoms with Crippen molar-refractivity contribution in [2.24, 2.45) is 10.9 Å². The van der Waals surface area contributed by atoms with E-state index in [2.05, 4.69) is 20.4 Å². The molecule has 2 N–H and O–H groups in total. The van der Waals surface area contributed by atoms with E-state index in [0.29, 0.717) is 25.0 Å². The van der Waals surface area contributed by atoms with Crippen molar-refractivity contribution in [2.75, 3.05) is 13.1 Å². The molecule has 0 aliphatic carbocycles. The lowest BCUT2D eigenvalue weighted by Crippen LogP contribution is -2.39. The van der Waals surface area contributed by atoms with E-state index in [1.165, 1.54) is 18.2 Å². The van der Waals surface area contributed by atoms with Crippen molar-refractivity contribution in [3.8, 4) is 5.75 Å². The first-order valence-electron chi connectivity index (χ1n) is 7.18. The van der Waals surface area contributed by atoms with Crippen LogP contribution < -0.4 is 15.4 Å². The van der Waals surface area contributed by atoms with Crippen LogP contribution in [0.5, 0.6) is 5.75 Å². The maximum absolute atomic E-state index is 13.8. The number of halogens is 3. The van der Waals surface area contributed by atoms with Gasteiger partial charge in [0.25, 0.3) is 0 Å². The van der Waals surface area contributed by atoms with Gasteiger partial charge in [0.1, 0.15) is 11.6 Å². The van der Waals surface area contributed by atoms with Gasteiger partial charge in [-0.25, -0.2) is 9.38 Å². The molecular weight excluding hydrogens is 295 g/mol. The Morgan fingerprint density at radius 3 is 2.59 bits per heavy atom. The molecule has 0 atom stereocenters. The molecule has 4 nitrogen and oxygen atoms in total. The van der Waals surface area contributed by atoms with Crippen molar-refractivity contribution in [1.82, 2.24) is 10.6 Å². The fraction of sp³-hybridized carbons (Fsp3) is 0.533. The second-order valence-electron chi connectivity index (χ2n) is 5.06. The molecule has 7 heteroatoms. The number of benzene rings is 1. The first-order chi connectivity index (χ1) is 10.4. The molecule has 0 heterocycles. The van der Waals surface area contributed by atoms with E-state index in [1.807, 2.05) is 20.8 Å². The Labute approximate surface area is 128 Å². The summed E-state index contributed by atoms with van der Waals surface area (Å²) in [7, 11) is 0. The average molecular weight is 317 g/mol. The first-order valence-corrected chi connectivity index (χ1v) is 7.18. The highest BCUT2D eigenvalue weighted by Gasteiger charge is 2.13. The lowest BCUT2D eigenvalue weighted by Gasteiger charge is -2.14. The highest BCUT2D eigenvalue weighted by atomic mass is 19.3. The Balaban J connectivity index is 2.88. The molecule has 124 valence electrons. The van der Waals surface area contributed by atoms with Gasteiger partial charge in [0.15, 0.2) is 5.96 Å². The van der Waals surface area contributed by atoms with Crippen LogP contribution in [0.2, 0.25) is 0 Å². The molecule has 0 bridgehead atoms. The predicted molar refractivity (Wildman–Crippen MR) is 80.7 cm³/mol. The van der Waals surface area contributed by atoms with Crippen LogP contribution >= 0.6 is 0 Å². The van der Waals surface area contributed by atoms with E-state index < -0.39 is 12.4 Å². The molecule has 1 aromatic rings. The number of hydrogen-bond acceptors (Lipinski definition) is 2. The van der Waals surface area contributed by atoms with Gasteiger partial charge in [0.05, 0.1) is 12.1 Å². The number of hydrogen-bond donors (Lipinski definition) is 2. The van der Waals surface area contributed by atoms with Crippen LogP contribution in [0, 0.1) is 11.7 Å². The van der Waals surface area contributed by atoms with E-state index in [4.69, 9.17) is 0 Å². The number of guanidine groups is 1. The zero-order valence-electron chi connectivity index (χ0n) is 13.0. The standard InChI is InChI=1S/C15H22F3N3O/c1-4-19-15(20-8-10(2)3)21-9-11-12(16)6-5-7-13(11)22-14(17)18/h5-7,10,14H,4,8-9H2,1-3H3,(H2,19,20,21). The summed E-state index contributed by atoms with van der Waals surface area (Å²) >= 11 is 0. The van der Waals surface area contributed by atoms with Crippen molar-refractivity contribution in [2.45, 2.75) is 33.9 Å². The predicted octanol–water partition coefficient (Wildman–Crippen LogP) is 3.14. The van der Waals surface area contributed by atoms with E-state index in [-0.39, 0.29) is 17.9 Å². The minimum atomic E-state index is -3.00. The molecule has 0 aliphatic heterocycles. The van der Waals surface area contributed by atoms with Gasteiger partial charge in [-0.2, -0.15) is 8.78 Å². The Morgan fingerprint density at radius 2 is 2.00 bits per heavy atom. The summed E-state index contributed by atoms with van der Waals surface area (Å²) in [5.74, 6) is 0.0950. The Bertz CT molecular complexity index is 493. The second kappa shape index (κ2) is 9.17. The maximum atomic E-state index is 13.8. The zero-order valence-corrected chi connectivity index (χ0v) is 13.0. The minimum Gasteiger partial charge on any atom is -0.434 e. The third kappa shape index (κ3) is 6.24. The highest BCUT2D eigenvalue weighted by Crippen LogP contribution is 2.24. The summed E-state index contributed by atoms with van der Waals surface area (Å²) in [4.78, 5) is 4.21. The van der Waals surface area contributed by atoms with Gasteiger partial charge in [-0.15, -0.1) is 0 Å². The summed E-state index contributed by atoms with van der Waals surface area (Å²) in [5, 5.41) is 6.11. The summed E-state index contributed by atoms with van der Waals surface area (Å²) in [6, 6.07) is 3.81. The van der Waals surface area contributed by atoms with Crippen LogP contribution in [0.15, 0.2) is 23.2 Å². The summed E-state index contributed by atoms with van der Waals surface area (Å²) in [6.45, 7) is 4.23. The molecule has 0 radical (unpaired) electrons. The molecule has 0 spiro atoms. The maximum Gasteiger partial charge on any atom is 0.387 e. The normalized spacial score (nSPS) is 11.9. The topological polar surface area (TPSA) is 45.7 Å². The van der Waals surface area contributed by atoms with Crippen LogP contribution in [0.3, 0.4) is 0 Å². The molecule has 0 aromatic heterocycles. The van der Waals surface area contributed by atoms with Crippen LogP contribution in [-0.2, 0) is 6.54 Å². The second-order valence-corrected chi connectivity index (χ2v) is 5.06. The molecule has 0 amide bonds. The van der Waals surface area contributed by atoms with Gasteiger partial charge < -0.3 is 15.4 Å². The number of aliphatic imine (C=N–C) groups is 1. The van der Waals surface area contributed by atoms with Crippen molar-refractivity contribution in [3.05, 3.63) is 29.6 Å². The number of rotatable bonds is 7. The summed E-state index contributed by atoms with van der Waals surface area (Å²) in [6.07, 6.45) is 0. The van der Waals surface area contributed by atoms with E-state index in [0.717, 1.165) is 0 Å². The van der Waals surface area contributed by atoms with Gasteiger partial charge in [-0.3, -0.25) is 0 Å². The molecule has 1 aromatic carbocycles. The smallest absolute Gasteiger partial charge is 0.387 e. The van der Waals surface area contributed by atoms with E-state index >= 15 is 0 Å². The third-order valence-corrected chi connectivity index (χ3v) is 2.71. The van der Waals surface area contributed by atoms with Crippen molar-refractivity contribution in [1.29, 1.82) is 0 Å². The van der Waals surface area contributed by atoms with Crippen LogP contribution in [0.25, 0.3) is 0 Å². The molecule has 0 fully saturated rings. The number of ether oxygens (including phenoxy) is 1. The van der Waals surface area contributed by atoms with E-state index in [1.54, 1.807) is 0 Å². The fourth-order valence-electron chi connectivity index (χ4n) is 1.70. The van der Waals surface area contributed by atoms with Crippen molar-refractivity contribution < 1.29 is 17.9 Å². The van der Waals surface area contributed by atoms with Crippen molar-refractivity contribution in [3.63, 3.8) is 0 Å². The highest BCUT2D eigenvalue weighted by molar-refractivity contribution is 5.79. The van der Waals surface area contributed by atoms with Crippen LogP contribution in [0.1, 0.15) is 26.3 Å². The quantitative estimate of drug-likeness (QED) is 0.600. The number of nitrogens with zero attached hydrogens (tertiary/aromatic N) is 1. The first kappa shape index (κ1) is 18.1. The minimum absolute atomic E-state index is 0.00421. The summed E-state index contributed by atoms with van der Waals surface area (Å²) < 4.78 is 42.9. The number of nitrogens with one attached hydrogen (secondary N) is 2. The Hall–Kier alpha value is -1.92. The summed E-state index contributed by atoms with van der Waals surface area (Å²) in [5.41, 5.74) is 0.00421. The fourth-order valence-corrected chi connectivity index (χ4v) is 1.70. The number of alkyl halides is 2.